The lowest BCUT2D eigenvalue weighted by molar-refractivity contribution is 0.839. The van der Waals surface area contributed by atoms with Gasteiger partial charge in [0, 0.05) is 8.95 Å². The highest BCUT2D eigenvalue weighted by molar-refractivity contribution is 9.11. The van der Waals surface area contributed by atoms with Crippen LogP contribution in [0.4, 0.5) is 0 Å². The lowest BCUT2D eigenvalue weighted by Gasteiger charge is -2.09. The molecule has 0 bridgehead atoms. The maximum atomic E-state index is 12.3. The number of rotatable bonds is 2. The van der Waals surface area contributed by atoms with E-state index >= 15 is 0 Å². The Morgan fingerprint density at radius 2 is 2.00 bits per heavy atom. The summed E-state index contributed by atoms with van der Waals surface area (Å²) in [4.78, 5) is 26.7. The van der Waals surface area contributed by atoms with Crippen LogP contribution in [0.2, 0.25) is 5.15 Å². The van der Waals surface area contributed by atoms with Crippen molar-refractivity contribution in [3.05, 3.63) is 58.7 Å². The van der Waals surface area contributed by atoms with Crippen molar-refractivity contribution in [2.45, 2.75) is 13.3 Å². The van der Waals surface area contributed by atoms with E-state index in [1.54, 1.807) is 18.2 Å². The van der Waals surface area contributed by atoms with E-state index < -0.39 is 11.2 Å². The fourth-order valence-corrected chi connectivity index (χ4v) is 3.25. The van der Waals surface area contributed by atoms with Crippen molar-refractivity contribution >= 4 is 43.5 Å². The van der Waals surface area contributed by atoms with Crippen molar-refractivity contribution < 1.29 is 0 Å². The first-order valence-corrected chi connectivity index (χ1v) is 7.41. The highest BCUT2D eigenvalue weighted by Gasteiger charge is 2.14. The van der Waals surface area contributed by atoms with Crippen LogP contribution in [0, 0.1) is 0 Å². The molecule has 0 amide bonds. The molecule has 0 spiro atoms. The minimum Gasteiger partial charge on any atom is -0.297 e. The normalized spacial score (nSPS) is 10.7. The van der Waals surface area contributed by atoms with E-state index in [0.717, 1.165) is 9.04 Å². The number of H-pyrrole nitrogens is 1. The smallest absolute Gasteiger partial charge is 0.297 e. The van der Waals surface area contributed by atoms with Gasteiger partial charge in [-0.3, -0.25) is 9.78 Å². The predicted octanol–water partition coefficient (Wildman–Crippen LogP) is 3.27. The summed E-state index contributed by atoms with van der Waals surface area (Å²) < 4.78 is 2.55. The average molecular weight is 408 g/mol. The molecule has 2 rings (SSSR count). The Balaban J connectivity index is 2.83. The predicted molar refractivity (Wildman–Crippen MR) is 82.4 cm³/mol. The molecule has 0 aliphatic rings. The number of hydrogen-bond donors (Lipinski definition) is 1. The topological polar surface area (TPSA) is 54.9 Å². The summed E-state index contributed by atoms with van der Waals surface area (Å²) in [5.74, 6) is 0. The van der Waals surface area contributed by atoms with Crippen LogP contribution in [0.1, 0.15) is 12.5 Å². The van der Waals surface area contributed by atoms with Gasteiger partial charge in [0.2, 0.25) is 0 Å². The summed E-state index contributed by atoms with van der Waals surface area (Å²) in [7, 11) is 0. The minimum absolute atomic E-state index is 0.0991. The minimum atomic E-state index is -0.560. The third kappa shape index (κ3) is 2.70. The molecule has 0 saturated heterocycles. The zero-order valence-corrected chi connectivity index (χ0v) is 13.8. The first-order valence-electron chi connectivity index (χ1n) is 5.44. The quantitative estimate of drug-likeness (QED) is 0.776. The standard InChI is InChI=1S/C12H9Br2ClN2O2/c1-2-7-10(15)16-12(19)17(11(7)18)9-4-3-6(13)5-8(9)14/h3-5H,2H2,1H3,(H,16,19). The van der Waals surface area contributed by atoms with Crippen LogP contribution in [0.25, 0.3) is 5.69 Å². The molecule has 0 aliphatic heterocycles. The maximum absolute atomic E-state index is 12.3. The molecule has 19 heavy (non-hydrogen) atoms. The molecule has 0 radical (unpaired) electrons. The van der Waals surface area contributed by atoms with Gasteiger partial charge in [-0.1, -0.05) is 34.5 Å². The summed E-state index contributed by atoms with van der Waals surface area (Å²) in [5, 5.41) is 0.0991. The van der Waals surface area contributed by atoms with Crippen LogP contribution in [0.5, 0.6) is 0 Å². The lowest BCUT2D eigenvalue weighted by atomic mass is 10.2. The van der Waals surface area contributed by atoms with Crippen molar-refractivity contribution in [3.63, 3.8) is 0 Å². The number of benzene rings is 1. The molecule has 1 aromatic carbocycles. The molecular formula is C12H9Br2ClN2O2. The first kappa shape index (κ1) is 14.6. The molecule has 0 unspecified atom stereocenters. The highest BCUT2D eigenvalue weighted by Crippen LogP contribution is 2.23. The Morgan fingerprint density at radius 3 is 2.58 bits per heavy atom. The molecule has 1 N–H and O–H groups in total. The number of aromatic nitrogens is 2. The molecule has 0 atom stereocenters. The number of nitrogens with one attached hydrogen (secondary N) is 1. The van der Waals surface area contributed by atoms with E-state index in [-0.39, 0.29) is 5.15 Å². The second-order valence-electron chi connectivity index (χ2n) is 3.81. The van der Waals surface area contributed by atoms with Crippen LogP contribution in [-0.4, -0.2) is 9.55 Å². The van der Waals surface area contributed by atoms with Crippen molar-refractivity contribution in [3.8, 4) is 5.69 Å². The Labute approximate surface area is 130 Å². The fraction of sp³-hybridized carbons (Fsp3) is 0.167. The first-order chi connectivity index (χ1) is 8.95. The lowest BCUT2D eigenvalue weighted by Crippen LogP contribution is -2.36. The number of aromatic amines is 1. The molecule has 1 aromatic heterocycles. The Kier molecular flexibility index (Phi) is 4.32. The summed E-state index contributed by atoms with van der Waals surface area (Å²) in [6, 6.07) is 5.20. The third-order valence-corrected chi connectivity index (χ3v) is 4.10. The SMILES string of the molecule is CCc1c(Cl)[nH]c(=O)n(-c2ccc(Br)cc2Br)c1=O. The second kappa shape index (κ2) is 5.64. The van der Waals surface area contributed by atoms with Gasteiger partial charge in [0.05, 0.1) is 11.3 Å². The van der Waals surface area contributed by atoms with Crippen LogP contribution < -0.4 is 11.2 Å². The molecule has 1 heterocycles. The van der Waals surface area contributed by atoms with E-state index in [1.807, 2.05) is 6.92 Å². The molecule has 4 nitrogen and oxygen atoms in total. The van der Waals surface area contributed by atoms with E-state index in [4.69, 9.17) is 11.6 Å². The van der Waals surface area contributed by atoms with E-state index in [1.165, 1.54) is 0 Å². The molecule has 7 heteroatoms. The van der Waals surface area contributed by atoms with Crippen LogP contribution in [0.15, 0.2) is 36.7 Å². The van der Waals surface area contributed by atoms with Crippen molar-refractivity contribution in [1.29, 1.82) is 0 Å². The van der Waals surface area contributed by atoms with Crippen molar-refractivity contribution in [2.75, 3.05) is 0 Å². The van der Waals surface area contributed by atoms with Gasteiger partial charge in [-0.25, -0.2) is 9.36 Å². The van der Waals surface area contributed by atoms with Gasteiger partial charge in [-0.05, 0) is 40.5 Å². The highest BCUT2D eigenvalue weighted by atomic mass is 79.9. The molecule has 0 saturated carbocycles. The van der Waals surface area contributed by atoms with Gasteiger partial charge in [-0.2, -0.15) is 0 Å². The summed E-state index contributed by atoms with van der Waals surface area (Å²) in [6.07, 6.45) is 0.447. The van der Waals surface area contributed by atoms with Crippen molar-refractivity contribution in [1.82, 2.24) is 9.55 Å². The molecule has 100 valence electrons. The zero-order chi connectivity index (χ0) is 14.2. The second-order valence-corrected chi connectivity index (χ2v) is 5.96. The Bertz CT molecular complexity index is 752. The fourth-order valence-electron chi connectivity index (χ4n) is 1.73. The molecule has 0 fully saturated rings. The van der Waals surface area contributed by atoms with E-state index in [2.05, 4.69) is 36.8 Å². The summed E-state index contributed by atoms with van der Waals surface area (Å²) >= 11 is 12.5. The molecule has 2 aromatic rings. The van der Waals surface area contributed by atoms with Gasteiger partial charge in [0.25, 0.3) is 5.56 Å². The number of nitrogens with zero attached hydrogens (tertiary/aromatic N) is 1. The van der Waals surface area contributed by atoms with E-state index in [9.17, 15) is 9.59 Å². The van der Waals surface area contributed by atoms with Gasteiger partial charge in [0.15, 0.2) is 0 Å². The van der Waals surface area contributed by atoms with Gasteiger partial charge >= 0.3 is 5.69 Å². The van der Waals surface area contributed by atoms with Gasteiger partial charge < -0.3 is 0 Å². The summed E-state index contributed by atoms with van der Waals surface area (Å²) in [5.41, 5.74) is -0.105. The number of halogens is 3. The summed E-state index contributed by atoms with van der Waals surface area (Å²) in [6.45, 7) is 1.81. The van der Waals surface area contributed by atoms with Crippen molar-refractivity contribution in [2.24, 2.45) is 0 Å². The maximum Gasteiger partial charge on any atom is 0.334 e. The van der Waals surface area contributed by atoms with Crippen LogP contribution in [0.3, 0.4) is 0 Å². The zero-order valence-electron chi connectivity index (χ0n) is 9.84. The van der Waals surface area contributed by atoms with Gasteiger partial charge in [0.1, 0.15) is 5.15 Å². The van der Waals surface area contributed by atoms with Gasteiger partial charge in [-0.15, -0.1) is 0 Å². The third-order valence-electron chi connectivity index (χ3n) is 2.65. The molecule has 0 aliphatic carbocycles. The van der Waals surface area contributed by atoms with E-state index in [0.29, 0.717) is 22.1 Å². The van der Waals surface area contributed by atoms with Crippen LogP contribution in [-0.2, 0) is 6.42 Å². The Hall–Kier alpha value is -0.850. The average Bonchev–Trinajstić information content (AvgIpc) is 2.31. The number of hydrogen-bond acceptors (Lipinski definition) is 2. The Morgan fingerprint density at radius 1 is 1.32 bits per heavy atom. The monoisotopic (exact) mass is 406 g/mol. The van der Waals surface area contributed by atoms with Crippen LogP contribution >= 0.6 is 43.5 Å². The molecular weight excluding hydrogens is 399 g/mol. The largest absolute Gasteiger partial charge is 0.334 e.